The van der Waals surface area contributed by atoms with Crippen LogP contribution in [0.25, 0.3) is 0 Å². The maximum absolute atomic E-state index is 11.1. The van der Waals surface area contributed by atoms with Gasteiger partial charge in [-0.25, -0.2) is 0 Å². The highest BCUT2D eigenvalue weighted by Crippen LogP contribution is 2.02. The molecule has 3 N–H and O–H groups in total. The fraction of sp³-hybridized carbons (Fsp3) is 0.600. The molecule has 1 amide bonds. The third-order valence-electron chi connectivity index (χ3n) is 1.56. The summed E-state index contributed by atoms with van der Waals surface area (Å²) < 4.78 is 4.74. The maximum Gasteiger partial charge on any atom is 0.323 e. The zero-order chi connectivity index (χ0) is 12.4. The third-order valence-corrected chi connectivity index (χ3v) is 2.62. The Bertz CT molecular complexity index is 246. The minimum atomic E-state index is -0.669. The number of carbonyl (C=O) groups is 2. The second-order valence-corrected chi connectivity index (χ2v) is 4.00. The zero-order valence-electron chi connectivity index (χ0n) is 9.40. The van der Waals surface area contributed by atoms with E-state index in [1.54, 1.807) is 13.0 Å². The van der Waals surface area contributed by atoms with Gasteiger partial charge in [-0.05, 0) is 6.92 Å². The zero-order valence-corrected chi connectivity index (χ0v) is 10.2. The van der Waals surface area contributed by atoms with E-state index >= 15 is 0 Å². The lowest BCUT2D eigenvalue weighted by molar-refractivity contribution is -0.144. The lowest BCUT2D eigenvalue weighted by Crippen LogP contribution is -2.35. The molecule has 0 bridgehead atoms. The molecule has 6 heteroatoms. The van der Waals surface area contributed by atoms with E-state index in [1.165, 1.54) is 11.8 Å². The minimum absolute atomic E-state index is 0.0963. The summed E-state index contributed by atoms with van der Waals surface area (Å²) in [7, 11) is 0. The van der Waals surface area contributed by atoms with Gasteiger partial charge in [0, 0.05) is 12.3 Å². The molecule has 1 atom stereocenters. The minimum Gasteiger partial charge on any atom is -0.465 e. The Morgan fingerprint density at radius 2 is 2.31 bits per heavy atom. The molecule has 0 aliphatic carbocycles. The van der Waals surface area contributed by atoms with Crippen LogP contribution in [0.4, 0.5) is 0 Å². The summed E-state index contributed by atoms with van der Waals surface area (Å²) in [5.74, 6) is 0.129. The first-order valence-corrected chi connectivity index (χ1v) is 6.14. The Labute approximate surface area is 99.8 Å². The largest absolute Gasteiger partial charge is 0.465 e. The van der Waals surface area contributed by atoms with E-state index in [4.69, 9.17) is 10.5 Å². The fourth-order valence-electron chi connectivity index (χ4n) is 0.833. The van der Waals surface area contributed by atoms with Gasteiger partial charge >= 0.3 is 5.97 Å². The van der Waals surface area contributed by atoms with Crippen molar-refractivity contribution in [2.24, 2.45) is 5.73 Å². The Hall–Kier alpha value is -1.01. The van der Waals surface area contributed by atoms with Crippen LogP contribution in [0.3, 0.4) is 0 Å². The van der Waals surface area contributed by atoms with Crippen molar-refractivity contribution in [3.63, 3.8) is 0 Å². The van der Waals surface area contributed by atoms with E-state index in [2.05, 4.69) is 11.9 Å². The van der Waals surface area contributed by atoms with E-state index in [0.29, 0.717) is 18.9 Å². The number of esters is 1. The predicted molar refractivity (Wildman–Crippen MR) is 65.1 cm³/mol. The topological polar surface area (TPSA) is 81.4 Å². The lowest BCUT2D eigenvalue weighted by atomic mass is 10.4. The SMILES string of the molecule is C=CCNC(=O)CSCC(N)C(=O)OCC. The smallest absolute Gasteiger partial charge is 0.323 e. The summed E-state index contributed by atoms with van der Waals surface area (Å²) >= 11 is 1.30. The molecule has 0 spiro atoms. The van der Waals surface area contributed by atoms with E-state index in [9.17, 15) is 9.59 Å². The number of hydrogen-bond acceptors (Lipinski definition) is 5. The lowest BCUT2D eigenvalue weighted by Gasteiger charge is -2.09. The number of amides is 1. The van der Waals surface area contributed by atoms with Crippen LogP contribution in [0.2, 0.25) is 0 Å². The van der Waals surface area contributed by atoms with Crippen molar-refractivity contribution in [2.75, 3.05) is 24.7 Å². The molecule has 0 rings (SSSR count). The van der Waals surface area contributed by atoms with Gasteiger partial charge < -0.3 is 15.8 Å². The Morgan fingerprint density at radius 3 is 2.88 bits per heavy atom. The average molecular weight is 246 g/mol. The second-order valence-electron chi connectivity index (χ2n) is 2.97. The van der Waals surface area contributed by atoms with E-state index in [-0.39, 0.29) is 11.7 Å². The highest BCUT2D eigenvalue weighted by molar-refractivity contribution is 8.00. The van der Waals surface area contributed by atoms with Gasteiger partial charge in [-0.2, -0.15) is 0 Å². The van der Waals surface area contributed by atoms with Crippen molar-refractivity contribution in [1.29, 1.82) is 0 Å². The first kappa shape index (κ1) is 15.0. The predicted octanol–water partition coefficient (Wildman–Crippen LogP) is -0.0878. The van der Waals surface area contributed by atoms with Gasteiger partial charge in [0.05, 0.1) is 12.4 Å². The standard InChI is InChI=1S/C10H18N2O3S/c1-3-5-12-9(13)7-16-6-8(11)10(14)15-4-2/h3,8H,1,4-7,11H2,2H3,(H,12,13). The molecule has 0 aliphatic rings. The highest BCUT2D eigenvalue weighted by atomic mass is 32.2. The van der Waals surface area contributed by atoms with Crippen LogP contribution in [0.1, 0.15) is 6.92 Å². The van der Waals surface area contributed by atoms with Gasteiger partial charge in [0.15, 0.2) is 0 Å². The molecule has 16 heavy (non-hydrogen) atoms. The number of hydrogen-bond donors (Lipinski definition) is 2. The number of thioether (sulfide) groups is 1. The third kappa shape index (κ3) is 7.30. The van der Waals surface area contributed by atoms with E-state index in [1.807, 2.05) is 0 Å². The van der Waals surface area contributed by atoms with Crippen LogP contribution in [-0.4, -0.2) is 42.6 Å². The molecule has 0 aromatic carbocycles. The molecule has 0 fully saturated rings. The fourth-order valence-corrected chi connectivity index (χ4v) is 1.63. The highest BCUT2D eigenvalue weighted by Gasteiger charge is 2.14. The van der Waals surface area contributed by atoms with Gasteiger partial charge in [-0.1, -0.05) is 6.08 Å². The molecule has 0 saturated heterocycles. The monoisotopic (exact) mass is 246 g/mol. The summed E-state index contributed by atoms with van der Waals surface area (Å²) in [5.41, 5.74) is 5.55. The van der Waals surface area contributed by atoms with Crippen LogP contribution in [0.15, 0.2) is 12.7 Å². The summed E-state index contributed by atoms with van der Waals surface area (Å²) in [6, 6.07) is -0.669. The summed E-state index contributed by atoms with van der Waals surface area (Å²) in [6.07, 6.45) is 1.60. The molecule has 92 valence electrons. The quantitative estimate of drug-likeness (QED) is 0.462. The van der Waals surface area contributed by atoms with Crippen molar-refractivity contribution in [2.45, 2.75) is 13.0 Å². The number of nitrogens with two attached hydrogens (primary N) is 1. The number of nitrogens with one attached hydrogen (secondary N) is 1. The van der Waals surface area contributed by atoms with E-state index < -0.39 is 12.0 Å². The van der Waals surface area contributed by atoms with Crippen LogP contribution >= 0.6 is 11.8 Å². The summed E-state index contributed by atoms with van der Waals surface area (Å²) in [4.78, 5) is 22.3. The van der Waals surface area contributed by atoms with Crippen molar-refractivity contribution in [3.05, 3.63) is 12.7 Å². The molecular weight excluding hydrogens is 228 g/mol. The molecule has 0 heterocycles. The van der Waals surface area contributed by atoms with Crippen LogP contribution < -0.4 is 11.1 Å². The molecule has 5 nitrogen and oxygen atoms in total. The molecule has 1 unspecified atom stereocenters. The summed E-state index contributed by atoms with van der Waals surface area (Å²) in [6.45, 7) is 5.97. The molecule has 0 aromatic heterocycles. The number of rotatable bonds is 8. The van der Waals surface area contributed by atoms with Gasteiger partial charge in [0.25, 0.3) is 0 Å². The average Bonchev–Trinajstić information content (AvgIpc) is 2.26. The summed E-state index contributed by atoms with van der Waals surface area (Å²) in [5, 5.41) is 2.63. The Balaban J connectivity index is 3.60. The number of ether oxygens (including phenoxy) is 1. The van der Waals surface area contributed by atoms with Crippen molar-refractivity contribution in [1.82, 2.24) is 5.32 Å². The molecule has 0 saturated carbocycles. The normalized spacial score (nSPS) is 11.6. The molecule has 0 aliphatic heterocycles. The maximum atomic E-state index is 11.1. The van der Waals surface area contributed by atoms with Crippen molar-refractivity contribution < 1.29 is 14.3 Å². The first-order valence-electron chi connectivity index (χ1n) is 4.99. The van der Waals surface area contributed by atoms with Gasteiger partial charge in [-0.15, -0.1) is 18.3 Å². The van der Waals surface area contributed by atoms with Crippen LogP contribution in [0.5, 0.6) is 0 Å². The number of carbonyl (C=O) groups excluding carboxylic acids is 2. The van der Waals surface area contributed by atoms with Crippen LogP contribution in [0, 0.1) is 0 Å². The Kier molecular flexibility index (Phi) is 8.65. The van der Waals surface area contributed by atoms with Gasteiger partial charge in [-0.3, -0.25) is 9.59 Å². The van der Waals surface area contributed by atoms with Crippen molar-refractivity contribution in [3.8, 4) is 0 Å². The first-order chi connectivity index (χ1) is 7.61. The molecule has 0 radical (unpaired) electrons. The van der Waals surface area contributed by atoms with Crippen molar-refractivity contribution >= 4 is 23.6 Å². The Morgan fingerprint density at radius 1 is 1.62 bits per heavy atom. The molecule has 0 aromatic rings. The van der Waals surface area contributed by atoms with E-state index in [0.717, 1.165) is 0 Å². The van der Waals surface area contributed by atoms with Gasteiger partial charge in [0.1, 0.15) is 6.04 Å². The van der Waals surface area contributed by atoms with Gasteiger partial charge in [0.2, 0.25) is 5.91 Å². The molecular formula is C10H18N2O3S. The van der Waals surface area contributed by atoms with Crippen LogP contribution in [-0.2, 0) is 14.3 Å². The second kappa shape index (κ2) is 9.23.